The molecule has 2 aromatic carbocycles. The summed E-state index contributed by atoms with van der Waals surface area (Å²) in [6.07, 6.45) is -0.880. The van der Waals surface area contributed by atoms with Crippen LogP contribution in [0, 0.1) is 23.7 Å². The van der Waals surface area contributed by atoms with Crippen LogP contribution in [-0.2, 0) is 4.79 Å². The second-order valence-corrected chi connectivity index (χ2v) is 7.76. The molecule has 0 radical (unpaired) electrons. The largest absolute Gasteiger partial charge is 0.497 e. The first-order chi connectivity index (χ1) is 13.6. The number of rotatable bonds is 3. The van der Waals surface area contributed by atoms with Gasteiger partial charge < -0.3 is 14.2 Å². The molecule has 0 aromatic heterocycles. The second-order valence-electron chi connectivity index (χ2n) is 7.76. The first-order valence-electron chi connectivity index (χ1n) is 9.32. The van der Waals surface area contributed by atoms with Crippen LogP contribution in [0.4, 0.5) is 0 Å². The summed E-state index contributed by atoms with van der Waals surface area (Å²) in [6, 6.07) is 12.1. The van der Waals surface area contributed by atoms with Gasteiger partial charge in [-0.2, -0.15) is 0 Å². The molecule has 6 atom stereocenters. The summed E-state index contributed by atoms with van der Waals surface area (Å²) >= 11 is 0. The number of hydrogen-bond donors (Lipinski definition) is 0. The highest BCUT2D eigenvalue weighted by Gasteiger charge is 2.71. The number of ether oxygens (including phenoxy) is 3. The number of carbonyl (C=O) groups is 3. The monoisotopic (exact) mass is 376 g/mol. The molecule has 2 heterocycles. The van der Waals surface area contributed by atoms with Crippen LogP contribution in [0.25, 0.3) is 0 Å². The SMILES string of the molecule is COc1ccc2c(c1)OC1C(C2=O)C1C(=O)C1C2Oc3ccccc3C(=O)C21. The number of benzene rings is 2. The summed E-state index contributed by atoms with van der Waals surface area (Å²) in [6.45, 7) is 0. The number of hydrogen-bond acceptors (Lipinski definition) is 6. The summed E-state index contributed by atoms with van der Waals surface area (Å²) in [5, 5.41) is 0. The fourth-order valence-corrected chi connectivity index (χ4v) is 4.74. The molecular formula is C22H16O6. The van der Waals surface area contributed by atoms with Crippen molar-refractivity contribution < 1.29 is 28.6 Å². The van der Waals surface area contributed by atoms with Gasteiger partial charge in [0.1, 0.15) is 35.2 Å². The maximum atomic E-state index is 13.1. The molecule has 0 bridgehead atoms. The molecule has 6 unspecified atom stereocenters. The lowest BCUT2D eigenvalue weighted by atomic mass is 10.00. The van der Waals surface area contributed by atoms with Crippen LogP contribution in [0.1, 0.15) is 20.7 Å². The summed E-state index contributed by atoms with van der Waals surface area (Å²) in [7, 11) is 1.54. The quantitative estimate of drug-likeness (QED) is 0.818. The fraction of sp³-hybridized carbons (Fsp3) is 0.318. The first kappa shape index (κ1) is 15.9. The Hall–Kier alpha value is -3.15. The van der Waals surface area contributed by atoms with Gasteiger partial charge in [-0.25, -0.2) is 0 Å². The van der Waals surface area contributed by atoms with Gasteiger partial charge >= 0.3 is 0 Å². The molecular weight excluding hydrogens is 360 g/mol. The van der Waals surface area contributed by atoms with Gasteiger partial charge in [0.25, 0.3) is 0 Å². The summed E-state index contributed by atoms with van der Waals surface area (Å²) in [4.78, 5) is 38.6. The highest BCUT2D eigenvalue weighted by molar-refractivity contribution is 6.12. The van der Waals surface area contributed by atoms with Crippen molar-refractivity contribution in [1.29, 1.82) is 0 Å². The van der Waals surface area contributed by atoms with Crippen LogP contribution in [0.3, 0.4) is 0 Å². The second kappa shape index (κ2) is 5.22. The maximum Gasteiger partial charge on any atom is 0.174 e. The Balaban J connectivity index is 1.24. The van der Waals surface area contributed by atoms with Gasteiger partial charge in [-0.05, 0) is 24.3 Å². The van der Waals surface area contributed by atoms with Crippen LogP contribution >= 0.6 is 0 Å². The minimum atomic E-state index is -0.513. The minimum absolute atomic E-state index is 0.0471. The molecule has 2 fully saturated rings. The van der Waals surface area contributed by atoms with E-state index in [2.05, 4.69) is 0 Å². The van der Waals surface area contributed by atoms with E-state index in [1.165, 1.54) is 0 Å². The van der Waals surface area contributed by atoms with E-state index < -0.39 is 35.9 Å². The standard InChI is InChI=1S/C22H16O6/c1-26-9-6-7-11-13(8-9)28-22-15(19(11)24)17(22)20(25)16-14-18(23)10-4-2-3-5-12(10)27-21(14)16/h2-8,14-17,21-22H,1H3. The molecule has 0 amide bonds. The van der Waals surface area contributed by atoms with Gasteiger partial charge in [0, 0.05) is 6.07 Å². The lowest BCUT2D eigenvalue weighted by Crippen LogP contribution is -2.17. The Bertz CT molecular complexity index is 1070. The zero-order valence-electron chi connectivity index (χ0n) is 15.0. The number of fused-ring (bicyclic) bond motifs is 4. The van der Waals surface area contributed by atoms with Crippen molar-refractivity contribution in [2.75, 3.05) is 7.11 Å². The average molecular weight is 376 g/mol. The Kier molecular flexibility index (Phi) is 2.96. The zero-order valence-corrected chi connectivity index (χ0v) is 15.0. The van der Waals surface area contributed by atoms with Crippen molar-refractivity contribution >= 4 is 17.3 Å². The Morgan fingerprint density at radius 1 is 0.857 bits per heavy atom. The summed E-state index contributed by atoms with van der Waals surface area (Å²) < 4.78 is 17.0. The molecule has 2 aliphatic carbocycles. The Morgan fingerprint density at radius 2 is 1.46 bits per heavy atom. The molecule has 6 heteroatoms. The van der Waals surface area contributed by atoms with E-state index in [0.29, 0.717) is 28.4 Å². The maximum absolute atomic E-state index is 13.1. The Morgan fingerprint density at radius 3 is 2.14 bits per heavy atom. The van der Waals surface area contributed by atoms with E-state index in [1.807, 2.05) is 0 Å². The molecule has 0 saturated heterocycles. The molecule has 2 aromatic rings. The minimum Gasteiger partial charge on any atom is -0.497 e. The van der Waals surface area contributed by atoms with E-state index >= 15 is 0 Å². The molecule has 28 heavy (non-hydrogen) atoms. The Labute approximate surface area is 160 Å². The molecule has 2 saturated carbocycles. The normalized spacial score (nSPS) is 33.3. The number of methoxy groups -OCH3 is 1. The third-order valence-electron chi connectivity index (χ3n) is 6.30. The highest BCUT2D eigenvalue weighted by atomic mass is 16.5. The van der Waals surface area contributed by atoms with Gasteiger partial charge in [-0.15, -0.1) is 0 Å². The van der Waals surface area contributed by atoms with Gasteiger partial charge in [0.2, 0.25) is 0 Å². The summed E-state index contributed by atoms with van der Waals surface area (Å²) in [5.74, 6) is -0.557. The average Bonchev–Trinajstić information content (AvgIpc) is 3.61. The van der Waals surface area contributed by atoms with Crippen LogP contribution in [-0.4, -0.2) is 36.7 Å². The molecule has 0 N–H and O–H groups in total. The van der Waals surface area contributed by atoms with Crippen molar-refractivity contribution in [1.82, 2.24) is 0 Å². The molecule has 6 nitrogen and oxygen atoms in total. The van der Waals surface area contributed by atoms with Gasteiger partial charge in [-0.1, -0.05) is 12.1 Å². The number of para-hydroxylation sites is 1. The third-order valence-corrected chi connectivity index (χ3v) is 6.30. The zero-order chi connectivity index (χ0) is 19.2. The molecule has 4 aliphatic rings. The fourth-order valence-electron chi connectivity index (χ4n) is 4.74. The van der Waals surface area contributed by atoms with Crippen molar-refractivity contribution in [3.05, 3.63) is 53.6 Å². The van der Waals surface area contributed by atoms with Gasteiger partial charge in [0.05, 0.1) is 41.9 Å². The van der Waals surface area contributed by atoms with E-state index in [9.17, 15) is 14.4 Å². The van der Waals surface area contributed by atoms with E-state index in [-0.39, 0.29) is 17.3 Å². The van der Waals surface area contributed by atoms with E-state index in [4.69, 9.17) is 14.2 Å². The van der Waals surface area contributed by atoms with Crippen molar-refractivity contribution in [3.8, 4) is 17.2 Å². The van der Waals surface area contributed by atoms with Crippen LogP contribution in [0.5, 0.6) is 17.2 Å². The first-order valence-corrected chi connectivity index (χ1v) is 9.32. The summed E-state index contributed by atoms with van der Waals surface area (Å²) in [5.41, 5.74) is 1.00. The highest BCUT2D eigenvalue weighted by Crippen LogP contribution is 2.57. The molecule has 140 valence electrons. The van der Waals surface area contributed by atoms with Crippen LogP contribution in [0.2, 0.25) is 0 Å². The van der Waals surface area contributed by atoms with Gasteiger partial charge in [0.15, 0.2) is 11.6 Å². The van der Waals surface area contributed by atoms with Crippen molar-refractivity contribution in [3.63, 3.8) is 0 Å². The number of ketones is 3. The van der Waals surface area contributed by atoms with Gasteiger partial charge in [-0.3, -0.25) is 14.4 Å². The smallest absolute Gasteiger partial charge is 0.174 e. The lowest BCUT2D eigenvalue weighted by Gasteiger charge is -2.15. The van der Waals surface area contributed by atoms with Crippen LogP contribution < -0.4 is 14.2 Å². The van der Waals surface area contributed by atoms with Crippen molar-refractivity contribution in [2.45, 2.75) is 12.2 Å². The molecule has 2 aliphatic heterocycles. The molecule has 6 rings (SSSR count). The van der Waals surface area contributed by atoms with E-state index in [0.717, 1.165) is 0 Å². The topological polar surface area (TPSA) is 78.9 Å². The predicted molar refractivity (Wildman–Crippen MR) is 95.9 cm³/mol. The van der Waals surface area contributed by atoms with Crippen LogP contribution in [0.15, 0.2) is 42.5 Å². The lowest BCUT2D eigenvalue weighted by molar-refractivity contribution is -0.122. The molecule has 0 spiro atoms. The predicted octanol–water partition coefficient (Wildman–Crippen LogP) is 2.34. The number of carbonyl (C=O) groups excluding carboxylic acids is 3. The van der Waals surface area contributed by atoms with E-state index in [1.54, 1.807) is 49.6 Å². The number of Topliss-reactive ketones (excluding diaryl/α,β-unsaturated/α-hetero) is 3. The third kappa shape index (κ3) is 1.95. The van der Waals surface area contributed by atoms with Crippen molar-refractivity contribution in [2.24, 2.45) is 23.7 Å².